The summed E-state index contributed by atoms with van der Waals surface area (Å²) >= 11 is 0. The third-order valence-corrected chi connectivity index (χ3v) is 4.22. The molecule has 0 spiro atoms. The zero-order valence-electron chi connectivity index (χ0n) is 14.6. The maximum atomic E-state index is 12.8. The number of carboxylic acid groups (broad SMARTS) is 1. The minimum absolute atomic E-state index is 0.0376. The third kappa shape index (κ3) is 4.87. The van der Waals surface area contributed by atoms with Gasteiger partial charge in [-0.05, 0) is 25.8 Å². The first-order valence-corrected chi connectivity index (χ1v) is 8.15. The number of halogens is 2. The van der Waals surface area contributed by atoms with Crippen molar-refractivity contribution in [3.63, 3.8) is 0 Å². The smallest absolute Gasteiger partial charge is 0.333 e. The molecule has 26 heavy (non-hydrogen) atoms. The van der Waals surface area contributed by atoms with Crippen LogP contribution in [0, 0.1) is 19.8 Å². The van der Waals surface area contributed by atoms with Crippen molar-refractivity contribution in [2.45, 2.75) is 33.2 Å². The van der Waals surface area contributed by atoms with Gasteiger partial charge in [0.1, 0.15) is 0 Å². The van der Waals surface area contributed by atoms with Gasteiger partial charge in [0.05, 0.1) is 18.0 Å². The normalized spacial score (nSPS) is 12.2. The number of carbonyl (C=O) groups excluding carboxylic acids is 1. The van der Waals surface area contributed by atoms with Crippen molar-refractivity contribution in [2.75, 3.05) is 6.54 Å². The summed E-state index contributed by atoms with van der Waals surface area (Å²) in [5.41, 5.74) is 1.88. The Morgan fingerprint density at radius 2 is 1.88 bits per heavy atom. The van der Waals surface area contributed by atoms with Crippen LogP contribution in [-0.2, 0) is 22.4 Å². The van der Waals surface area contributed by atoms with E-state index in [0.717, 1.165) is 5.56 Å². The van der Waals surface area contributed by atoms with Crippen molar-refractivity contribution in [3.05, 3.63) is 52.8 Å². The van der Waals surface area contributed by atoms with Crippen molar-refractivity contribution in [1.29, 1.82) is 0 Å². The Balaban J connectivity index is 1.97. The van der Waals surface area contributed by atoms with E-state index in [1.165, 1.54) is 6.92 Å². The molecule has 0 saturated heterocycles. The van der Waals surface area contributed by atoms with Gasteiger partial charge < -0.3 is 10.4 Å². The van der Waals surface area contributed by atoms with Gasteiger partial charge in [0.15, 0.2) is 0 Å². The van der Waals surface area contributed by atoms with Crippen LogP contribution in [0.1, 0.15) is 29.1 Å². The molecule has 0 aliphatic heterocycles. The molecule has 1 atom stereocenters. The van der Waals surface area contributed by atoms with E-state index in [4.69, 9.17) is 0 Å². The summed E-state index contributed by atoms with van der Waals surface area (Å²) in [4.78, 5) is 23.6. The van der Waals surface area contributed by atoms with Gasteiger partial charge in [-0.1, -0.05) is 30.3 Å². The maximum absolute atomic E-state index is 12.8. The number of aromatic nitrogens is 2. The van der Waals surface area contributed by atoms with E-state index >= 15 is 0 Å². The molecule has 0 bridgehead atoms. The van der Waals surface area contributed by atoms with Gasteiger partial charge in [0.25, 0.3) is 0 Å². The lowest BCUT2D eigenvalue weighted by atomic mass is 9.99. The molecule has 2 N–H and O–H groups in total. The molecule has 2 aromatic rings. The van der Waals surface area contributed by atoms with Gasteiger partial charge in [-0.15, -0.1) is 0 Å². The second-order valence-corrected chi connectivity index (χ2v) is 6.08. The number of benzene rings is 1. The van der Waals surface area contributed by atoms with Crippen LogP contribution in [0.25, 0.3) is 0 Å². The summed E-state index contributed by atoms with van der Waals surface area (Å²) in [6, 6.07) is 9.12. The number of nitrogens with one attached hydrogen (secondary N) is 1. The monoisotopic (exact) mass is 365 g/mol. The van der Waals surface area contributed by atoms with Crippen LogP contribution in [0.15, 0.2) is 30.3 Å². The number of carbonyl (C=O) groups is 2. The Labute approximate surface area is 149 Å². The Kier molecular flexibility index (Phi) is 6.43. The van der Waals surface area contributed by atoms with Crippen molar-refractivity contribution >= 4 is 11.9 Å². The van der Waals surface area contributed by atoms with Crippen LogP contribution in [0.3, 0.4) is 0 Å². The number of hydrogen-bond donors (Lipinski definition) is 2. The fourth-order valence-electron chi connectivity index (χ4n) is 2.75. The number of aliphatic carboxylic acids is 1. The first kappa shape index (κ1) is 19.6. The van der Waals surface area contributed by atoms with E-state index in [2.05, 4.69) is 10.4 Å². The maximum Gasteiger partial charge on any atom is 0.333 e. The highest BCUT2D eigenvalue weighted by Crippen LogP contribution is 2.19. The third-order valence-electron chi connectivity index (χ3n) is 4.22. The predicted molar refractivity (Wildman–Crippen MR) is 90.9 cm³/mol. The molecule has 0 aliphatic rings. The highest BCUT2D eigenvalue weighted by Gasteiger charge is 2.22. The summed E-state index contributed by atoms with van der Waals surface area (Å²) < 4.78 is 26.3. The van der Waals surface area contributed by atoms with Gasteiger partial charge >= 0.3 is 12.5 Å². The summed E-state index contributed by atoms with van der Waals surface area (Å²) in [6.07, 6.45) is 0.167. The van der Waals surface area contributed by atoms with E-state index in [0.29, 0.717) is 15.9 Å². The highest BCUT2D eigenvalue weighted by molar-refractivity contribution is 5.80. The van der Waals surface area contributed by atoms with Crippen LogP contribution in [0.2, 0.25) is 0 Å². The molecule has 0 aliphatic carbocycles. The molecule has 6 nitrogen and oxygen atoms in total. The zero-order chi connectivity index (χ0) is 19.3. The number of aryl methyl sites for hydroxylation is 1. The van der Waals surface area contributed by atoms with Gasteiger partial charge in [0.2, 0.25) is 5.91 Å². The Hall–Kier alpha value is -2.77. The van der Waals surface area contributed by atoms with Crippen molar-refractivity contribution in [1.82, 2.24) is 15.1 Å². The fourth-order valence-corrected chi connectivity index (χ4v) is 2.75. The lowest BCUT2D eigenvalue weighted by Gasteiger charge is -2.14. The molecule has 8 heteroatoms. The summed E-state index contributed by atoms with van der Waals surface area (Å²) in [7, 11) is 0. The molecule has 0 fully saturated rings. The standard InChI is InChI=1S/C18H21F2N3O3/c1-11-15(12(2)23(22-11)18(19)20)9-16(24)21-10-14(17(25)26)8-13-6-4-3-5-7-13/h3-7,14,18H,8-10H2,1-2H3,(H,21,24)(H,25,26). The molecule has 1 amide bonds. The van der Waals surface area contributed by atoms with Crippen LogP contribution >= 0.6 is 0 Å². The molecule has 1 unspecified atom stereocenters. The molecule has 1 aromatic heterocycles. The Bertz CT molecular complexity index is 775. The van der Waals surface area contributed by atoms with Crippen molar-refractivity contribution < 1.29 is 23.5 Å². The van der Waals surface area contributed by atoms with Gasteiger partial charge in [-0.3, -0.25) is 9.59 Å². The second-order valence-electron chi connectivity index (χ2n) is 6.08. The highest BCUT2D eigenvalue weighted by atomic mass is 19.3. The van der Waals surface area contributed by atoms with E-state index in [1.54, 1.807) is 6.92 Å². The Morgan fingerprint density at radius 3 is 2.42 bits per heavy atom. The number of nitrogens with zero attached hydrogens (tertiary/aromatic N) is 2. The van der Waals surface area contributed by atoms with Crippen molar-refractivity contribution in [3.8, 4) is 0 Å². The minimum Gasteiger partial charge on any atom is -0.481 e. The molecular formula is C18H21F2N3O3. The molecular weight excluding hydrogens is 344 g/mol. The summed E-state index contributed by atoms with van der Waals surface area (Å²) in [6.45, 7) is 0.228. The number of amides is 1. The zero-order valence-corrected chi connectivity index (χ0v) is 14.6. The topological polar surface area (TPSA) is 84.2 Å². The number of carboxylic acids is 1. The van der Waals surface area contributed by atoms with E-state index < -0.39 is 24.3 Å². The molecule has 0 saturated carbocycles. The predicted octanol–water partition coefficient (Wildman–Crippen LogP) is 2.50. The number of rotatable bonds is 8. The van der Waals surface area contributed by atoms with Crippen LogP contribution < -0.4 is 5.32 Å². The second kappa shape index (κ2) is 8.55. The lowest BCUT2D eigenvalue weighted by Crippen LogP contribution is -2.35. The minimum atomic E-state index is -2.77. The quantitative estimate of drug-likeness (QED) is 0.753. The van der Waals surface area contributed by atoms with E-state index in [-0.39, 0.29) is 25.1 Å². The molecule has 0 radical (unpaired) electrons. The first-order valence-electron chi connectivity index (χ1n) is 8.15. The van der Waals surface area contributed by atoms with E-state index in [1.807, 2.05) is 30.3 Å². The van der Waals surface area contributed by atoms with Gasteiger partial charge in [-0.2, -0.15) is 13.9 Å². The average Bonchev–Trinajstić information content (AvgIpc) is 2.87. The van der Waals surface area contributed by atoms with Crippen LogP contribution in [-0.4, -0.2) is 33.3 Å². The van der Waals surface area contributed by atoms with Crippen LogP contribution in [0.4, 0.5) is 8.78 Å². The number of alkyl halides is 2. The molecule has 2 rings (SSSR count). The molecule has 140 valence electrons. The SMILES string of the molecule is Cc1nn(C(F)F)c(C)c1CC(=O)NCC(Cc1ccccc1)C(=O)O. The van der Waals surface area contributed by atoms with Crippen molar-refractivity contribution in [2.24, 2.45) is 5.92 Å². The molecule has 1 heterocycles. The fraction of sp³-hybridized carbons (Fsp3) is 0.389. The van der Waals surface area contributed by atoms with Crippen LogP contribution in [0.5, 0.6) is 0 Å². The summed E-state index contributed by atoms with van der Waals surface area (Å²) in [5.74, 6) is -2.20. The van der Waals surface area contributed by atoms with Gasteiger partial charge in [-0.25, -0.2) is 4.68 Å². The van der Waals surface area contributed by atoms with E-state index in [9.17, 15) is 23.5 Å². The Morgan fingerprint density at radius 1 is 1.23 bits per heavy atom. The molecule has 1 aromatic carbocycles. The summed E-state index contributed by atoms with van der Waals surface area (Å²) in [5, 5.41) is 15.7. The lowest BCUT2D eigenvalue weighted by molar-refractivity contribution is -0.141. The average molecular weight is 365 g/mol. The largest absolute Gasteiger partial charge is 0.481 e. The van der Waals surface area contributed by atoms with Gasteiger partial charge in [0, 0.05) is 17.8 Å². The first-order chi connectivity index (χ1) is 12.3. The number of hydrogen-bond acceptors (Lipinski definition) is 3.